The fourth-order valence-electron chi connectivity index (χ4n) is 1.06. The molecule has 0 unspecified atom stereocenters. The summed E-state index contributed by atoms with van der Waals surface area (Å²) in [7, 11) is 0. The van der Waals surface area contributed by atoms with Crippen LogP contribution in [0.25, 0.3) is 0 Å². The number of halogens is 4. The van der Waals surface area contributed by atoms with Gasteiger partial charge in [-0.1, -0.05) is 38.5 Å². The fraction of sp³-hybridized carbons (Fsp3) is 1.00. The molecule has 0 aromatic rings. The van der Waals surface area contributed by atoms with E-state index in [4.69, 9.17) is 0 Å². The molecule has 0 atom stereocenters. The smallest absolute Gasteiger partial charge is 0 e. The van der Waals surface area contributed by atoms with E-state index in [1.54, 1.807) is 0 Å². The van der Waals surface area contributed by atoms with Crippen molar-refractivity contribution < 1.29 is 21.7 Å². The maximum absolute atomic E-state index is 1.50. The molecule has 0 nitrogen and oxygen atoms in total. The van der Waals surface area contributed by atoms with Crippen LogP contribution >= 0.6 is 49.6 Å². The fourth-order valence-corrected chi connectivity index (χ4v) is 1.06. The number of hydrogen-bond donors (Lipinski definition) is 0. The predicted molar refractivity (Wildman–Crippen MR) is 56.7 cm³/mol. The Morgan fingerprint density at radius 3 is 0.545 bits per heavy atom. The van der Waals surface area contributed by atoms with E-state index in [1.807, 2.05) is 0 Å². The molecule has 0 radical (unpaired) electrons. The summed E-state index contributed by atoms with van der Waals surface area (Å²) in [6, 6.07) is 0. The molecule has 1 aliphatic rings. The SMILES string of the molecule is C1CCCCC1.Cl.Cl.Cl.Cl.[Ti]. The third-order valence-electron chi connectivity index (χ3n) is 1.50. The van der Waals surface area contributed by atoms with Crippen molar-refractivity contribution in [2.24, 2.45) is 0 Å². The monoisotopic (exact) mass is 276 g/mol. The first-order valence-corrected chi connectivity index (χ1v) is 3.00. The van der Waals surface area contributed by atoms with Gasteiger partial charge in [0.05, 0.1) is 0 Å². The molecule has 0 saturated heterocycles. The minimum absolute atomic E-state index is 0. The van der Waals surface area contributed by atoms with Crippen LogP contribution in [0.15, 0.2) is 0 Å². The molecule has 11 heavy (non-hydrogen) atoms. The molecule has 72 valence electrons. The van der Waals surface area contributed by atoms with Crippen LogP contribution in [-0.2, 0) is 21.7 Å². The van der Waals surface area contributed by atoms with E-state index >= 15 is 0 Å². The van der Waals surface area contributed by atoms with E-state index < -0.39 is 0 Å². The Bertz CT molecular complexity index is 30.1. The van der Waals surface area contributed by atoms with Gasteiger partial charge >= 0.3 is 0 Å². The Labute approximate surface area is 109 Å². The van der Waals surface area contributed by atoms with Gasteiger partial charge in [0.25, 0.3) is 0 Å². The predicted octanol–water partition coefficient (Wildman–Crippen LogP) is 4.03. The molecule has 0 heterocycles. The minimum Gasteiger partial charge on any atom is -0.147 e. The molecule has 0 N–H and O–H groups in total. The molecule has 1 fully saturated rings. The summed E-state index contributed by atoms with van der Waals surface area (Å²) in [5, 5.41) is 0. The van der Waals surface area contributed by atoms with Crippen molar-refractivity contribution in [2.45, 2.75) is 38.5 Å². The van der Waals surface area contributed by atoms with Crippen molar-refractivity contribution in [1.29, 1.82) is 0 Å². The molecule has 0 aromatic heterocycles. The van der Waals surface area contributed by atoms with Crippen LogP contribution in [0.3, 0.4) is 0 Å². The van der Waals surface area contributed by atoms with E-state index in [-0.39, 0.29) is 71.3 Å². The summed E-state index contributed by atoms with van der Waals surface area (Å²) < 4.78 is 0. The van der Waals surface area contributed by atoms with E-state index in [0.717, 1.165) is 0 Å². The van der Waals surface area contributed by atoms with E-state index in [1.165, 1.54) is 38.5 Å². The number of rotatable bonds is 0. The van der Waals surface area contributed by atoms with Gasteiger partial charge in [-0.3, -0.25) is 0 Å². The summed E-state index contributed by atoms with van der Waals surface area (Å²) in [6.07, 6.45) is 9.00. The summed E-state index contributed by atoms with van der Waals surface area (Å²) in [4.78, 5) is 0. The average Bonchev–Trinajstić information content (AvgIpc) is 1.72. The van der Waals surface area contributed by atoms with E-state index in [0.29, 0.717) is 0 Å². The molecule has 1 rings (SSSR count). The van der Waals surface area contributed by atoms with Crippen molar-refractivity contribution in [3.8, 4) is 0 Å². The van der Waals surface area contributed by atoms with Gasteiger partial charge in [-0.2, -0.15) is 0 Å². The molecule has 0 amide bonds. The first kappa shape index (κ1) is 29.3. The maximum Gasteiger partial charge on any atom is 0 e. The van der Waals surface area contributed by atoms with Crippen molar-refractivity contribution in [2.75, 3.05) is 0 Å². The largest absolute Gasteiger partial charge is 0.147 e. The normalized spacial score (nSPS) is 13.1. The van der Waals surface area contributed by atoms with Gasteiger partial charge in [-0.25, -0.2) is 0 Å². The third-order valence-corrected chi connectivity index (χ3v) is 1.50. The van der Waals surface area contributed by atoms with Gasteiger partial charge in [0, 0.05) is 21.7 Å². The molecule has 1 saturated carbocycles. The Morgan fingerprint density at radius 1 is 0.364 bits per heavy atom. The average molecular weight is 278 g/mol. The van der Waals surface area contributed by atoms with E-state index in [9.17, 15) is 0 Å². The minimum atomic E-state index is 0. The molecule has 1 aliphatic carbocycles. The summed E-state index contributed by atoms with van der Waals surface area (Å²) in [6.45, 7) is 0. The zero-order chi connectivity index (χ0) is 4.24. The first-order chi connectivity index (χ1) is 3.00. The van der Waals surface area contributed by atoms with Crippen LogP contribution in [0, 0.1) is 0 Å². The molecule has 0 aliphatic heterocycles. The van der Waals surface area contributed by atoms with Crippen molar-refractivity contribution in [1.82, 2.24) is 0 Å². The topological polar surface area (TPSA) is 0 Å². The van der Waals surface area contributed by atoms with Gasteiger partial charge in [0.2, 0.25) is 0 Å². The standard InChI is InChI=1S/C6H12.4ClH.Ti/c1-2-4-6-5-3-1;;;;;/h1-6H2;4*1H;. The summed E-state index contributed by atoms with van der Waals surface area (Å²) in [5.41, 5.74) is 0. The Kier molecular flexibility index (Phi) is 60.3. The second-order valence-electron chi connectivity index (χ2n) is 2.12. The van der Waals surface area contributed by atoms with Gasteiger partial charge in [0.15, 0.2) is 0 Å². The van der Waals surface area contributed by atoms with Crippen molar-refractivity contribution in [3.05, 3.63) is 0 Å². The second-order valence-corrected chi connectivity index (χ2v) is 2.12. The van der Waals surface area contributed by atoms with Gasteiger partial charge in [0.1, 0.15) is 0 Å². The van der Waals surface area contributed by atoms with Crippen molar-refractivity contribution >= 4 is 49.6 Å². The molecular formula is C6H16Cl4Ti. The van der Waals surface area contributed by atoms with Crippen LogP contribution in [0.4, 0.5) is 0 Å². The van der Waals surface area contributed by atoms with Gasteiger partial charge < -0.3 is 0 Å². The third kappa shape index (κ3) is 18.7. The zero-order valence-corrected chi connectivity index (χ0v) is 11.2. The number of hydrogen-bond acceptors (Lipinski definition) is 0. The zero-order valence-electron chi connectivity index (χ0n) is 6.38. The molecule has 5 heteroatoms. The van der Waals surface area contributed by atoms with Crippen LogP contribution < -0.4 is 0 Å². The van der Waals surface area contributed by atoms with Crippen LogP contribution in [0.1, 0.15) is 38.5 Å². The second kappa shape index (κ2) is 22.6. The van der Waals surface area contributed by atoms with Crippen LogP contribution in [0.5, 0.6) is 0 Å². The quantitative estimate of drug-likeness (QED) is 0.587. The first-order valence-electron chi connectivity index (χ1n) is 3.00. The molecule has 0 aromatic carbocycles. The maximum atomic E-state index is 1.50. The van der Waals surface area contributed by atoms with Crippen molar-refractivity contribution in [3.63, 3.8) is 0 Å². The van der Waals surface area contributed by atoms with Gasteiger partial charge in [-0.05, 0) is 0 Å². The Balaban J connectivity index is -0.0000000240. The summed E-state index contributed by atoms with van der Waals surface area (Å²) >= 11 is 0. The Hall–Kier alpha value is 1.87. The molecular weight excluding hydrogens is 262 g/mol. The Morgan fingerprint density at radius 2 is 0.455 bits per heavy atom. The van der Waals surface area contributed by atoms with Crippen LogP contribution in [-0.4, -0.2) is 0 Å². The molecule has 0 bridgehead atoms. The summed E-state index contributed by atoms with van der Waals surface area (Å²) in [5.74, 6) is 0. The van der Waals surface area contributed by atoms with Crippen LogP contribution in [0.2, 0.25) is 0 Å². The van der Waals surface area contributed by atoms with Gasteiger partial charge in [-0.15, -0.1) is 49.6 Å². The molecule has 0 spiro atoms. The van der Waals surface area contributed by atoms with E-state index in [2.05, 4.69) is 0 Å².